The number of hydrogen-bond donors (Lipinski definition) is 2. The third-order valence-electron chi connectivity index (χ3n) is 3.72. The number of benzene rings is 2. The van der Waals surface area contributed by atoms with Gasteiger partial charge in [-0.1, -0.05) is 54.1 Å². The van der Waals surface area contributed by atoms with Crippen LogP contribution in [0, 0.1) is 0 Å². The first-order valence-electron chi connectivity index (χ1n) is 8.01. The SMILES string of the molecule is O=C(NCc1ccccc1)c1ccccc1NS(=O)(=O)c1ccc(Cl)nc1. The summed E-state index contributed by atoms with van der Waals surface area (Å²) in [6.07, 6.45) is 1.16. The summed E-state index contributed by atoms with van der Waals surface area (Å²) in [5, 5.41) is 2.97. The van der Waals surface area contributed by atoms with Gasteiger partial charge in [0.2, 0.25) is 0 Å². The fourth-order valence-corrected chi connectivity index (χ4v) is 3.50. The predicted octanol–water partition coefficient (Wildman–Crippen LogP) is 3.47. The van der Waals surface area contributed by atoms with Gasteiger partial charge in [0.1, 0.15) is 10.0 Å². The molecule has 0 saturated carbocycles. The minimum absolute atomic E-state index is 0.0496. The number of aromatic nitrogens is 1. The van der Waals surface area contributed by atoms with Crippen molar-refractivity contribution in [3.05, 3.63) is 89.2 Å². The summed E-state index contributed by atoms with van der Waals surface area (Å²) in [6, 6.07) is 18.5. The van der Waals surface area contributed by atoms with E-state index in [0.717, 1.165) is 11.8 Å². The smallest absolute Gasteiger partial charge is 0.263 e. The van der Waals surface area contributed by atoms with Crippen LogP contribution in [-0.4, -0.2) is 19.3 Å². The van der Waals surface area contributed by atoms with Gasteiger partial charge in [0.05, 0.1) is 11.3 Å². The van der Waals surface area contributed by atoms with Crippen LogP contribution < -0.4 is 10.0 Å². The summed E-state index contributed by atoms with van der Waals surface area (Å²) in [5.74, 6) is -0.383. The number of nitrogens with one attached hydrogen (secondary N) is 2. The third-order valence-corrected chi connectivity index (χ3v) is 5.30. The Bertz CT molecular complexity index is 1040. The van der Waals surface area contributed by atoms with E-state index in [9.17, 15) is 13.2 Å². The summed E-state index contributed by atoms with van der Waals surface area (Å²) >= 11 is 5.69. The number of halogens is 1. The summed E-state index contributed by atoms with van der Waals surface area (Å²) in [4.78, 5) is 16.3. The Hall–Kier alpha value is -2.90. The number of pyridine rings is 1. The molecule has 3 rings (SSSR count). The lowest BCUT2D eigenvalue weighted by Crippen LogP contribution is -2.25. The lowest BCUT2D eigenvalue weighted by atomic mass is 10.1. The molecule has 0 saturated heterocycles. The summed E-state index contributed by atoms with van der Waals surface area (Å²) < 4.78 is 27.5. The van der Waals surface area contributed by atoms with Gasteiger partial charge < -0.3 is 5.32 Å². The maximum atomic E-state index is 12.5. The molecule has 138 valence electrons. The van der Waals surface area contributed by atoms with E-state index < -0.39 is 10.0 Å². The number of carbonyl (C=O) groups is 1. The number of anilines is 1. The van der Waals surface area contributed by atoms with Crippen LogP contribution in [0.4, 0.5) is 5.69 Å². The van der Waals surface area contributed by atoms with Crippen LogP contribution >= 0.6 is 11.6 Å². The van der Waals surface area contributed by atoms with Gasteiger partial charge in [-0.25, -0.2) is 13.4 Å². The molecular weight excluding hydrogens is 386 g/mol. The lowest BCUT2D eigenvalue weighted by Gasteiger charge is -2.13. The first-order chi connectivity index (χ1) is 13.0. The fourth-order valence-electron chi connectivity index (χ4n) is 2.37. The van der Waals surface area contributed by atoms with Crippen molar-refractivity contribution < 1.29 is 13.2 Å². The van der Waals surface area contributed by atoms with Crippen molar-refractivity contribution in [2.24, 2.45) is 0 Å². The summed E-state index contributed by atoms with van der Waals surface area (Å²) in [6.45, 7) is 0.335. The Balaban J connectivity index is 1.79. The van der Waals surface area contributed by atoms with Gasteiger partial charge in [0.15, 0.2) is 0 Å². The Morgan fingerprint density at radius 2 is 1.67 bits per heavy atom. The Morgan fingerprint density at radius 1 is 0.963 bits per heavy atom. The summed E-state index contributed by atoms with van der Waals surface area (Å²) in [7, 11) is -3.90. The molecule has 1 heterocycles. The quantitative estimate of drug-likeness (QED) is 0.619. The monoisotopic (exact) mass is 401 g/mol. The van der Waals surface area contributed by atoms with Crippen molar-refractivity contribution in [2.75, 3.05) is 4.72 Å². The minimum atomic E-state index is -3.90. The van der Waals surface area contributed by atoms with Crippen molar-refractivity contribution in [2.45, 2.75) is 11.4 Å². The van der Waals surface area contributed by atoms with Gasteiger partial charge >= 0.3 is 0 Å². The third kappa shape index (κ3) is 4.84. The standard InChI is InChI=1S/C19H16ClN3O3S/c20-18-11-10-15(13-21-18)27(25,26)23-17-9-5-4-8-16(17)19(24)22-12-14-6-2-1-3-7-14/h1-11,13,23H,12H2,(H,22,24). The molecule has 8 heteroatoms. The molecule has 0 radical (unpaired) electrons. The second kappa shape index (κ2) is 8.20. The maximum Gasteiger partial charge on any atom is 0.263 e. The van der Waals surface area contributed by atoms with Gasteiger partial charge in [-0.05, 0) is 29.8 Å². The van der Waals surface area contributed by atoms with E-state index in [0.29, 0.717) is 6.54 Å². The molecule has 1 aromatic heterocycles. The molecule has 1 amide bonds. The average Bonchev–Trinajstić information content (AvgIpc) is 2.67. The van der Waals surface area contributed by atoms with Crippen molar-refractivity contribution in [3.8, 4) is 0 Å². The average molecular weight is 402 g/mol. The number of rotatable bonds is 6. The number of amides is 1. The van der Waals surface area contributed by atoms with Crippen LogP contribution in [-0.2, 0) is 16.6 Å². The highest BCUT2D eigenvalue weighted by Gasteiger charge is 2.19. The molecule has 0 unspecified atom stereocenters. The first kappa shape index (κ1) is 18.9. The van der Waals surface area contributed by atoms with Crippen LogP contribution in [0.1, 0.15) is 15.9 Å². The van der Waals surface area contributed by atoms with Crippen molar-refractivity contribution in [1.29, 1.82) is 0 Å². The molecule has 2 N–H and O–H groups in total. The molecular formula is C19H16ClN3O3S. The van der Waals surface area contributed by atoms with E-state index in [1.807, 2.05) is 30.3 Å². The van der Waals surface area contributed by atoms with E-state index in [2.05, 4.69) is 15.0 Å². The molecule has 3 aromatic rings. The minimum Gasteiger partial charge on any atom is -0.348 e. The van der Waals surface area contributed by atoms with Gasteiger partial charge in [-0.15, -0.1) is 0 Å². The lowest BCUT2D eigenvalue weighted by molar-refractivity contribution is 0.0952. The molecule has 0 atom stereocenters. The molecule has 6 nitrogen and oxygen atoms in total. The fraction of sp³-hybridized carbons (Fsp3) is 0.0526. The van der Waals surface area contributed by atoms with Gasteiger partial charge in [0.25, 0.3) is 15.9 Å². The second-order valence-electron chi connectivity index (χ2n) is 5.64. The topological polar surface area (TPSA) is 88.2 Å². The van der Waals surface area contributed by atoms with Crippen LogP contribution in [0.5, 0.6) is 0 Å². The molecule has 0 aliphatic rings. The van der Waals surface area contributed by atoms with Gasteiger partial charge in [-0.2, -0.15) is 0 Å². The van der Waals surface area contributed by atoms with E-state index in [1.54, 1.807) is 18.2 Å². The first-order valence-corrected chi connectivity index (χ1v) is 9.87. The zero-order valence-electron chi connectivity index (χ0n) is 14.1. The Labute approximate surface area is 162 Å². The van der Waals surface area contributed by atoms with E-state index in [1.165, 1.54) is 18.2 Å². The predicted molar refractivity (Wildman–Crippen MR) is 104 cm³/mol. The van der Waals surface area contributed by atoms with Crippen LogP contribution in [0.2, 0.25) is 5.15 Å². The van der Waals surface area contributed by atoms with E-state index in [-0.39, 0.29) is 27.2 Å². The molecule has 2 aromatic carbocycles. The molecule has 0 aliphatic heterocycles. The van der Waals surface area contributed by atoms with E-state index in [4.69, 9.17) is 11.6 Å². The maximum absolute atomic E-state index is 12.5. The van der Waals surface area contributed by atoms with Crippen LogP contribution in [0.15, 0.2) is 77.8 Å². The zero-order chi connectivity index (χ0) is 19.3. The van der Waals surface area contributed by atoms with Crippen molar-refractivity contribution in [1.82, 2.24) is 10.3 Å². The van der Waals surface area contributed by atoms with E-state index >= 15 is 0 Å². The van der Waals surface area contributed by atoms with Crippen LogP contribution in [0.3, 0.4) is 0 Å². The summed E-state index contributed by atoms with van der Waals surface area (Å²) in [5.41, 5.74) is 1.34. The van der Waals surface area contributed by atoms with Gasteiger partial charge in [0, 0.05) is 12.7 Å². The largest absolute Gasteiger partial charge is 0.348 e. The molecule has 27 heavy (non-hydrogen) atoms. The Kier molecular flexibility index (Phi) is 5.73. The normalized spacial score (nSPS) is 11.0. The Morgan fingerprint density at radius 3 is 2.37 bits per heavy atom. The van der Waals surface area contributed by atoms with Crippen LogP contribution in [0.25, 0.3) is 0 Å². The number of para-hydroxylation sites is 1. The number of hydrogen-bond acceptors (Lipinski definition) is 4. The number of carbonyl (C=O) groups excluding carboxylic acids is 1. The highest BCUT2D eigenvalue weighted by molar-refractivity contribution is 7.92. The molecule has 0 spiro atoms. The van der Waals surface area contributed by atoms with Crippen molar-refractivity contribution >= 4 is 33.2 Å². The zero-order valence-corrected chi connectivity index (χ0v) is 15.7. The molecule has 0 fully saturated rings. The number of nitrogens with zero attached hydrogens (tertiary/aromatic N) is 1. The molecule has 0 bridgehead atoms. The molecule has 0 aliphatic carbocycles. The van der Waals surface area contributed by atoms with Gasteiger partial charge in [-0.3, -0.25) is 9.52 Å². The van der Waals surface area contributed by atoms with Crippen molar-refractivity contribution in [3.63, 3.8) is 0 Å². The highest BCUT2D eigenvalue weighted by Crippen LogP contribution is 2.20. The second-order valence-corrected chi connectivity index (χ2v) is 7.71. The highest BCUT2D eigenvalue weighted by atomic mass is 35.5. The number of sulfonamides is 1.